The summed E-state index contributed by atoms with van der Waals surface area (Å²) in [5.74, 6) is 0.0345. The summed E-state index contributed by atoms with van der Waals surface area (Å²) < 4.78 is 0. The highest BCUT2D eigenvalue weighted by Gasteiger charge is 2.06. The molecule has 0 amide bonds. The molecular weight excluding hydrogens is 363 g/mol. The summed E-state index contributed by atoms with van der Waals surface area (Å²) in [4.78, 5) is 19.3. The van der Waals surface area contributed by atoms with Crippen molar-refractivity contribution in [3.8, 4) is 0 Å². The van der Waals surface area contributed by atoms with E-state index in [2.05, 4.69) is 20.6 Å². The van der Waals surface area contributed by atoms with Crippen molar-refractivity contribution in [1.29, 1.82) is 0 Å². The van der Waals surface area contributed by atoms with Gasteiger partial charge in [-0.25, -0.2) is 14.8 Å². The molecule has 0 aliphatic heterocycles. The topological polar surface area (TPSA) is 87.1 Å². The number of carbonyl (C=O) groups is 1. The number of halogens is 2. The minimum absolute atomic E-state index is 0.186. The van der Waals surface area contributed by atoms with Crippen molar-refractivity contribution in [1.82, 2.24) is 9.97 Å². The monoisotopic (exact) mass is 374 g/mol. The zero-order valence-corrected chi connectivity index (χ0v) is 14.2. The van der Waals surface area contributed by atoms with Gasteiger partial charge < -0.3 is 15.7 Å². The standard InChI is InChI=1S/C17H12Cl2N4O2/c18-11-4-5-14(13(19)7-11)23-16-8-15(20-9-21-16)22-12-3-1-2-10(6-12)17(24)25/h1-9H,(H,24,25)(H2,20,21,22,23). The molecule has 0 unspecified atom stereocenters. The summed E-state index contributed by atoms with van der Waals surface area (Å²) >= 11 is 12.0. The van der Waals surface area contributed by atoms with Crippen LogP contribution < -0.4 is 10.6 Å². The number of benzene rings is 2. The van der Waals surface area contributed by atoms with E-state index in [0.29, 0.717) is 33.1 Å². The van der Waals surface area contributed by atoms with E-state index in [1.165, 1.54) is 18.5 Å². The fourth-order valence-electron chi connectivity index (χ4n) is 2.10. The largest absolute Gasteiger partial charge is 0.478 e. The maximum Gasteiger partial charge on any atom is 0.335 e. The first-order valence-electron chi connectivity index (χ1n) is 7.16. The highest BCUT2D eigenvalue weighted by atomic mass is 35.5. The lowest BCUT2D eigenvalue weighted by molar-refractivity contribution is 0.0697. The molecule has 8 heteroatoms. The minimum atomic E-state index is -0.994. The Bertz CT molecular complexity index is 934. The van der Waals surface area contributed by atoms with Crippen LogP contribution in [-0.2, 0) is 0 Å². The fraction of sp³-hybridized carbons (Fsp3) is 0. The molecule has 2 aromatic carbocycles. The van der Waals surface area contributed by atoms with Crippen molar-refractivity contribution in [3.63, 3.8) is 0 Å². The van der Waals surface area contributed by atoms with Gasteiger partial charge in [0.05, 0.1) is 16.3 Å². The van der Waals surface area contributed by atoms with Crippen molar-refractivity contribution >= 4 is 52.2 Å². The zero-order chi connectivity index (χ0) is 17.8. The maximum absolute atomic E-state index is 11.0. The molecule has 0 spiro atoms. The molecule has 126 valence electrons. The van der Waals surface area contributed by atoms with E-state index < -0.39 is 5.97 Å². The Morgan fingerprint density at radius 1 is 0.960 bits per heavy atom. The second kappa shape index (κ2) is 7.38. The van der Waals surface area contributed by atoms with Gasteiger partial charge in [-0.3, -0.25) is 0 Å². The molecule has 3 rings (SSSR count). The first-order valence-corrected chi connectivity index (χ1v) is 7.91. The van der Waals surface area contributed by atoms with Gasteiger partial charge in [-0.1, -0.05) is 29.3 Å². The highest BCUT2D eigenvalue weighted by Crippen LogP contribution is 2.28. The van der Waals surface area contributed by atoms with Gasteiger partial charge >= 0.3 is 5.97 Å². The second-order valence-corrected chi connectivity index (χ2v) is 5.89. The van der Waals surface area contributed by atoms with Crippen LogP contribution in [0.2, 0.25) is 10.0 Å². The Labute approximate surface area is 153 Å². The van der Waals surface area contributed by atoms with E-state index in [0.717, 1.165) is 0 Å². The highest BCUT2D eigenvalue weighted by molar-refractivity contribution is 6.36. The van der Waals surface area contributed by atoms with E-state index in [4.69, 9.17) is 28.3 Å². The van der Waals surface area contributed by atoms with E-state index in [1.54, 1.807) is 36.4 Å². The van der Waals surface area contributed by atoms with Crippen LogP contribution in [0.15, 0.2) is 54.9 Å². The average molecular weight is 375 g/mol. The predicted octanol–water partition coefficient (Wildman–Crippen LogP) is 4.97. The average Bonchev–Trinajstić information content (AvgIpc) is 2.58. The van der Waals surface area contributed by atoms with Gasteiger partial charge in [0.15, 0.2) is 0 Å². The summed E-state index contributed by atoms with van der Waals surface area (Å²) in [6.45, 7) is 0. The van der Waals surface area contributed by atoms with E-state index in [1.807, 2.05) is 0 Å². The van der Waals surface area contributed by atoms with Crippen molar-refractivity contribution in [2.75, 3.05) is 10.6 Å². The molecule has 3 N–H and O–H groups in total. The molecule has 1 heterocycles. The number of hydrogen-bond acceptors (Lipinski definition) is 5. The van der Waals surface area contributed by atoms with Crippen molar-refractivity contribution < 1.29 is 9.90 Å². The van der Waals surface area contributed by atoms with Crippen LogP contribution in [0.3, 0.4) is 0 Å². The fourth-order valence-corrected chi connectivity index (χ4v) is 2.56. The molecule has 3 aromatic rings. The Balaban J connectivity index is 1.79. The molecule has 0 radical (unpaired) electrons. The Hall–Kier alpha value is -2.83. The Kier molecular flexibility index (Phi) is 5.02. The van der Waals surface area contributed by atoms with Gasteiger partial charge in [-0.05, 0) is 36.4 Å². The van der Waals surface area contributed by atoms with Gasteiger partial charge in [-0.2, -0.15) is 0 Å². The first kappa shape index (κ1) is 17.0. The van der Waals surface area contributed by atoms with Crippen LogP contribution in [0.1, 0.15) is 10.4 Å². The third-order valence-corrected chi connectivity index (χ3v) is 3.79. The number of carboxylic acid groups (broad SMARTS) is 1. The number of nitrogens with zero attached hydrogens (tertiary/aromatic N) is 2. The number of aromatic nitrogens is 2. The number of anilines is 4. The molecule has 0 fully saturated rings. The van der Waals surface area contributed by atoms with Gasteiger partial charge in [-0.15, -0.1) is 0 Å². The summed E-state index contributed by atoms with van der Waals surface area (Å²) in [6.07, 6.45) is 1.38. The summed E-state index contributed by atoms with van der Waals surface area (Å²) in [5.41, 5.74) is 1.45. The predicted molar refractivity (Wildman–Crippen MR) is 98.5 cm³/mol. The van der Waals surface area contributed by atoms with Crippen LogP contribution in [0.25, 0.3) is 0 Å². The van der Waals surface area contributed by atoms with Gasteiger partial charge in [0.2, 0.25) is 0 Å². The Morgan fingerprint density at radius 3 is 2.44 bits per heavy atom. The summed E-state index contributed by atoms with van der Waals surface area (Å²) in [5, 5.41) is 16.2. The first-order chi connectivity index (χ1) is 12.0. The van der Waals surface area contributed by atoms with E-state index >= 15 is 0 Å². The molecule has 0 aliphatic carbocycles. The quantitative estimate of drug-likeness (QED) is 0.584. The molecule has 0 bridgehead atoms. The molecule has 0 saturated heterocycles. The molecular formula is C17H12Cl2N4O2. The lowest BCUT2D eigenvalue weighted by Crippen LogP contribution is -2.00. The number of nitrogens with one attached hydrogen (secondary N) is 2. The molecule has 1 aromatic heterocycles. The number of hydrogen-bond donors (Lipinski definition) is 3. The summed E-state index contributed by atoms with van der Waals surface area (Å²) in [7, 11) is 0. The Morgan fingerprint density at radius 2 is 1.72 bits per heavy atom. The SMILES string of the molecule is O=C(O)c1cccc(Nc2cc(Nc3ccc(Cl)cc3Cl)ncn2)c1. The van der Waals surface area contributed by atoms with Crippen LogP contribution in [-0.4, -0.2) is 21.0 Å². The summed E-state index contributed by atoms with van der Waals surface area (Å²) in [6, 6.07) is 13.2. The maximum atomic E-state index is 11.0. The third kappa shape index (κ3) is 4.37. The number of carboxylic acids is 1. The lowest BCUT2D eigenvalue weighted by Gasteiger charge is -2.10. The van der Waals surface area contributed by atoms with Gasteiger partial charge in [0.25, 0.3) is 0 Å². The van der Waals surface area contributed by atoms with Crippen LogP contribution >= 0.6 is 23.2 Å². The van der Waals surface area contributed by atoms with Crippen LogP contribution in [0.4, 0.5) is 23.0 Å². The van der Waals surface area contributed by atoms with E-state index in [9.17, 15) is 4.79 Å². The second-order valence-electron chi connectivity index (χ2n) is 5.05. The smallest absolute Gasteiger partial charge is 0.335 e. The van der Waals surface area contributed by atoms with Crippen molar-refractivity contribution in [2.24, 2.45) is 0 Å². The molecule has 25 heavy (non-hydrogen) atoms. The zero-order valence-electron chi connectivity index (χ0n) is 12.7. The minimum Gasteiger partial charge on any atom is -0.478 e. The molecule has 0 atom stereocenters. The third-order valence-electron chi connectivity index (χ3n) is 3.24. The molecule has 0 saturated carbocycles. The number of aromatic carboxylic acids is 1. The van der Waals surface area contributed by atoms with E-state index in [-0.39, 0.29) is 5.56 Å². The lowest BCUT2D eigenvalue weighted by atomic mass is 10.2. The molecule has 0 aliphatic rings. The van der Waals surface area contributed by atoms with Gasteiger partial charge in [0.1, 0.15) is 18.0 Å². The van der Waals surface area contributed by atoms with Crippen molar-refractivity contribution in [2.45, 2.75) is 0 Å². The van der Waals surface area contributed by atoms with Crippen molar-refractivity contribution in [3.05, 3.63) is 70.5 Å². The van der Waals surface area contributed by atoms with Gasteiger partial charge in [0, 0.05) is 16.8 Å². The normalized spacial score (nSPS) is 10.3. The van der Waals surface area contributed by atoms with Crippen LogP contribution in [0, 0.1) is 0 Å². The molecule has 6 nitrogen and oxygen atoms in total. The number of rotatable bonds is 5. The van der Waals surface area contributed by atoms with Crippen LogP contribution in [0.5, 0.6) is 0 Å².